The highest BCUT2D eigenvalue weighted by Gasteiger charge is 2.20. The summed E-state index contributed by atoms with van der Waals surface area (Å²) in [6.07, 6.45) is 2.44. The molecular formula is C16H25NO3. The highest BCUT2D eigenvalue weighted by molar-refractivity contribution is 5.55. The summed E-state index contributed by atoms with van der Waals surface area (Å²) in [6, 6.07) is 4.54. The zero-order valence-corrected chi connectivity index (χ0v) is 12.9. The van der Waals surface area contributed by atoms with Gasteiger partial charge in [0.15, 0.2) is 11.5 Å². The maximum absolute atomic E-state index is 5.44. The van der Waals surface area contributed by atoms with Crippen LogP contribution in [0.1, 0.15) is 39.2 Å². The van der Waals surface area contributed by atoms with Crippen LogP contribution in [0.25, 0.3) is 0 Å². The van der Waals surface area contributed by atoms with Crippen LogP contribution in [0.3, 0.4) is 0 Å². The van der Waals surface area contributed by atoms with E-state index in [1.165, 1.54) is 12.8 Å². The maximum Gasteiger partial charge on any atom is 0.231 e. The van der Waals surface area contributed by atoms with E-state index >= 15 is 0 Å². The first-order valence-electron chi connectivity index (χ1n) is 7.30. The topological polar surface area (TPSA) is 39.7 Å². The molecule has 20 heavy (non-hydrogen) atoms. The van der Waals surface area contributed by atoms with Gasteiger partial charge in [-0.05, 0) is 43.4 Å². The number of methoxy groups -OCH3 is 1. The lowest BCUT2D eigenvalue weighted by atomic mass is 10.0. The van der Waals surface area contributed by atoms with Gasteiger partial charge in [-0.3, -0.25) is 0 Å². The number of nitrogens with one attached hydrogen (secondary N) is 1. The van der Waals surface area contributed by atoms with E-state index in [1.54, 1.807) is 7.11 Å². The smallest absolute Gasteiger partial charge is 0.231 e. The summed E-state index contributed by atoms with van der Waals surface area (Å²) in [5, 5.41) is 3.54. The molecule has 0 aliphatic carbocycles. The molecule has 0 amide bonds. The molecule has 0 radical (unpaired) electrons. The number of benzene rings is 1. The van der Waals surface area contributed by atoms with E-state index in [2.05, 4.69) is 26.1 Å². The summed E-state index contributed by atoms with van der Waals surface area (Å²) in [5.41, 5.74) is 1.16. The minimum atomic E-state index is 0.271. The number of ether oxygens (including phenoxy) is 3. The third-order valence-electron chi connectivity index (χ3n) is 3.55. The van der Waals surface area contributed by atoms with Gasteiger partial charge in [0.25, 0.3) is 0 Å². The first-order chi connectivity index (χ1) is 9.60. The number of rotatable bonds is 7. The summed E-state index contributed by atoms with van der Waals surface area (Å²) in [5.74, 6) is 2.98. The van der Waals surface area contributed by atoms with Crippen LogP contribution in [0.2, 0.25) is 0 Å². The van der Waals surface area contributed by atoms with E-state index in [1.807, 2.05) is 12.1 Å². The van der Waals surface area contributed by atoms with Crippen LogP contribution in [0, 0.1) is 5.92 Å². The van der Waals surface area contributed by atoms with E-state index < -0.39 is 0 Å². The maximum atomic E-state index is 5.44. The Bertz CT molecular complexity index is 446. The van der Waals surface area contributed by atoms with E-state index in [-0.39, 0.29) is 6.79 Å². The molecule has 1 aromatic rings. The van der Waals surface area contributed by atoms with Crippen molar-refractivity contribution in [2.75, 3.05) is 13.9 Å². The van der Waals surface area contributed by atoms with Crippen molar-refractivity contribution in [3.8, 4) is 17.2 Å². The summed E-state index contributed by atoms with van der Waals surface area (Å²) >= 11 is 0. The SMILES string of the molecule is COc1cc(CNC(C)CCC(C)C)cc2c1OCO2. The molecule has 0 spiro atoms. The molecule has 0 bridgehead atoms. The van der Waals surface area contributed by atoms with Crippen LogP contribution >= 0.6 is 0 Å². The Balaban J connectivity index is 1.93. The normalized spacial score (nSPS) is 14.7. The standard InChI is InChI=1S/C16H25NO3/c1-11(2)5-6-12(3)17-9-13-7-14(18-4)16-15(8-13)19-10-20-16/h7-8,11-12,17H,5-6,9-10H2,1-4H3. The first kappa shape index (κ1) is 15.0. The first-order valence-corrected chi connectivity index (χ1v) is 7.30. The zero-order chi connectivity index (χ0) is 14.5. The fourth-order valence-electron chi connectivity index (χ4n) is 2.26. The zero-order valence-electron chi connectivity index (χ0n) is 12.9. The third-order valence-corrected chi connectivity index (χ3v) is 3.55. The highest BCUT2D eigenvalue weighted by Crippen LogP contribution is 2.41. The Morgan fingerprint density at radius 3 is 2.70 bits per heavy atom. The minimum absolute atomic E-state index is 0.271. The van der Waals surface area contributed by atoms with Crippen LogP contribution in [-0.4, -0.2) is 19.9 Å². The van der Waals surface area contributed by atoms with Gasteiger partial charge in [0.05, 0.1) is 7.11 Å². The second-order valence-electron chi connectivity index (χ2n) is 5.79. The molecule has 0 saturated heterocycles. The van der Waals surface area contributed by atoms with Crippen molar-refractivity contribution >= 4 is 0 Å². The van der Waals surface area contributed by atoms with E-state index in [4.69, 9.17) is 14.2 Å². The summed E-state index contributed by atoms with van der Waals surface area (Å²) in [7, 11) is 1.65. The molecule has 4 heteroatoms. The lowest BCUT2D eigenvalue weighted by Crippen LogP contribution is -2.25. The molecule has 1 atom stereocenters. The minimum Gasteiger partial charge on any atom is -0.493 e. The van der Waals surface area contributed by atoms with Crippen molar-refractivity contribution in [2.24, 2.45) is 5.92 Å². The van der Waals surface area contributed by atoms with Crippen LogP contribution in [0.5, 0.6) is 17.2 Å². The second kappa shape index (κ2) is 6.84. The van der Waals surface area contributed by atoms with E-state index in [0.29, 0.717) is 11.8 Å². The molecule has 1 N–H and O–H groups in total. The van der Waals surface area contributed by atoms with Crippen molar-refractivity contribution in [3.05, 3.63) is 17.7 Å². The van der Waals surface area contributed by atoms with Crippen molar-refractivity contribution < 1.29 is 14.2 Å². The molecule has 1 heterocycles. The van der Waals surface area contributed by atoms with Crippen LogP contribution in [-0.2, 0) is 6.54 Å². The van der Waals surface area contributed by atoms with Crippen LogP contribution < -0.4 is 19.5 Å². The van der Waals surface area contributed by atoms with Crippen LogP contribution in [0.15, 0.2) is 12.1 Å². The quantitative estimate of drug-likeness (QED) is 0.831. The molecule has 0 fully saturated rings. The Morgan fingerprint density at radius 2 is 2.00 bits per heavy atom. The average molecular weight is 279 g/mol. The lowest BCUT2D eigenvalue weighted by molar-refractivity contribution is 0.171. The Kier molecular flexibility index (Phi) is 5.12. The monoisotopic (exact) mass is 279 g/mol. The molecule has 1 aliphatic heterocycles. The fourth-order valence-corrected chi connectivity index (χ4v) is 2.26. The van der Waals surface area contributed by atoms with Crippen molar-refractivity contribution in [3.63, 3.8) is 0 Å². The molecule has 1 unspecified atom stereocenters. The van der Waals surface area contributed by atoms with Gasteiger partial charge in [-0.15, -0.1) is 0 Å². The van der Waals surface area contributed by atoms with Gasteiger partial charge < -0.3 is 19.5 Å². The van der Waals surface area contributed by atoms with Gasteiger partial charge in [0.2, 0.25) is 12.5 Å². The Hall–Kier alpha value is -1.42. The molecule has 0 aromatic heterocycles. The van der Waals surface area contributed by atoms with Gasteiger partial charge in [-0.1, -0.05) is 13.8 Å². The summed E-state index contributed by atoms with van der Waals surface area (Å²) < 4.78 is 16.2. The molecule has 2 rings (SSSR count). The Labute approximate surface area is 121 Å². The van der Waals surface area contributed by atoms with E-state index in [0.717, 1.165) is 29.5 Å². The summed E-state index contributed by atoms with van der Waals surface area (Å²) in [4.78, 5) is 0. The number of hydrogen-bond donors (Lipinski definition) is 1. The molecule has 4 nitrogen and oxygen atoms in total. The highest BCUT2D eigenvalue weighted by atomic mass is 16.7. The van der Waals surface area contributed by atoms with Gasteiger partial charge in [0.1, 0.15) is 0 Å². The summed E-state index contributed by atoms with van der Waals surface area (Å²) in [6.45, 7) is 7.83. The molecule has 1 aromatic carbocycles. The van der Waals surface area contributed by atoms with Crippen molar-refractivity contribution in [2.45, 2.75) is 46.2 Å². The second-order valence-corrected chi connectivity index (χ2v) is 5.79. The van der Waals surface area contributed by atoms with E-state index in [9.17, 15) is 0 Å². The van der Waals surface area contributed by atoms with Crippen LogP contribution in [0.4, 0.5) is 0 Å². The average Bonchev–Trinajstić information content (AvgIpc) is 2.90. The molecule has 112 valence electrons. The molecule has 0 saturated carbocycles. The molecule has 1 aliphatic rings. The van der Waals surface area contributed by atoms with Crippen molar-refractivity contribution in [1.82, 2.24) is 5.32 Å². The Morgan fingerprint density at radius 1 is 1.20 bits per heavy atom. The number of hydrogen-bond acceptors (Lipinski definition) is 4. The largest absolute Gasteiger partial charge is 0.493 e. The predicted molar refractivity (Wildman–Crippen MR) is 79.5 cm³/mol. The van der Waals surface area contributed by atoms with Gasteiger partial charge in [0, 0.05) is 12.6 Å². The lowest BCUT2D eigenvalue weighted by Gasteiger charge is -2.15. The van der Waals surface area contributed by atoms with Gasteiger partial charge in [-0.2, -0.15) is 0 Å². The van der Waals surface area contributed by atoms with Gasteiger partial charge >= 0.3 is 0 Å². The predicted octanol–water partition coefficient (Wildman–Crippen LogP) is 3.34. The van der Waals surface area contributed by atoms with Crippen molar-refractivity contribution in [1.29, 1.82) is 0 Å². The fraction of sp³-hybridized carbons (Fsp3) is 0.625. The molecular weight excluding hydrogens is 254 g/mol. The third kappa shape index (κ3) is 3.79. The van der Waals surface area contributed by atoms with Gasteiger partial charge in [-0.25, -0.2) is 0 Å². The number of fused-ring (bicyclic) bond motifs is 1.